The highest BCUT2D eigenvalue weighted by atomic mass is 16.3. The standard InChI is InChI=1S/C26H36N2O/c1-20-19-28(14-8-11-21-9-5-4-6-10-21)24-16-23(27(2)3)17-26(20,18-24)22-12-7-13-25(29)15-22/h4-7,9-10,12-13,15,20,23-24,29H,8,11,14,16-19H2,1-3H3/t20-,23+,24+,26+/m1/s1. The number of nitrogens with zero attached hydrogens (tertiary/aromatic N) is 2. The molecule has 0 unspecified atom stereocenters. The lowest BCUT2D eigenvalue weighted by Gasteiger charge is -2.57. The molecule has 2 aromatic carbocycles. The van der Waals surface area contributed by atoms with Gasteiger partial charge in [0.2, 0.25) is 0 Å². The van der Waals surface area contributed by atoms with Crippen molar-refractivity contribution in [2.24, 2.45) is 5.92 Å². The number of aromatic hydroxyl groups is 1. The van der Waals surface area contributed by atoms with Gasteiger partial charge in [0.25, 0.3) is 0 Å². The van der Waals surface area contributed by atoms with Crippen molar-refractivity contribution < 1.29 is 5.11 Å². The smallest absolute Gasteiger partial charge is 0.115 e. The van der Waals surface area contributed by atoms with E-state index in [0.717, 1.165) is 13.0 Å². The molecule has 4 rings (SSSR count). The average Bonchev–Trinajstić information content (AvgIpc) is 2.72. The Morgan fingerprint density at radius 3 is 2.59 bits per heavy atom. The maximum Gasteiger partial charge on any atom is 0.115 e. The van der Waals surface area contributed by atoms with Crippen molar-refractivity contribution in [2.45, 2.75) is 56.5 Å². The molecule has 156 valence electrons. The van der Waals surface area contributed by atoms with Gasteiger partial charge >= 0.3 is 0 Å². The second kappa shape index (κ2) is 8.49. The SMILES string of the molecule is C[C@@H]1CN(CCCc2ccccc2)[C@H]2C[C@H](N(C)C)C[C@]1(c1cccc(O)c1)C2. The summed E-state index contributed by atoms with van der Waals surface area (Å²) in [7, 11) is 4.46. The van der Waals surface area contributed by atoms with Gasteiger partial charge in [-0.25, -0.2) is 0 Å². The Kier molecular flexibility index (Phi) is 5.98. The van der Waals surface area contributed by atoms with Crippen molar-refractivity contribution in [1.82, 2.24) is 9.80 Å². The predicted molar refractivity (Wildman–Crippen MR) is 120 cm³/mol. The van der Waals surface area contributed by atoms with Crippen molar-refractivity contribution in [3.05, 3.63) is 65.7 Å². The molecule has 1 aliphatic heterocycles. The maximum atomic E-state index is 10.2. The van der Waals surface area contributed by atoms with Gasteiger partial charge in [-0.1, -0.05) is 49.4 Å². The van der Waals surface area contributed by atoms with Gasteiger partial charge in [-0.2, -0.15) is 0 Å². The molecule has 0 amide bonds. The van der Waals surface area contributed by atoms with Gasteiger partial charge in [0.05, 0.1) is 0 Å². The first-order valence-electron chi connectivity index (χ1n) is 11.2. The largest absolute Gasteiger partial charge is 0.508 e. The van der Waals surface area contributed by atoms with Gasteiger partial charge in [-0.15, -0.1) is 0 Å². The Bertz CT molecular complexity index is 805. The van der Waals surface area contributed by atoms with E-state index < -0.39 is 0 Å². The third-order valence-corrected chi connectivity index (χ3v) is 7.62. The van der Waals surface area contributed by atoms with E-state index in [1.165, 1.54) is 43.4 Å². The van der Waals surface area contributed by atoms with Crippen LogP contribution in [0.2, 0.25) is 0 Å². The van der Waals surface area contributed by atoms with Crippen molar-refractivity contribution in [2.75, 3.05) is 27.2 Å². The zero-order chi connectivity index (χ0) is 20.4. The molecule has 2 aliphatic rings. The predicted octanol–water partition coefficient (Wildman–Crippen LogP) is 4.70. The minimum Gasteiger partial charge on any atom is -0.508 e. The molecule has 1 saturated carbocycles. The molecule has 0 aromatic heterocycles. The van der Waals surface area contributed by atoms with Crippen molar-refractivity contribution in [3.63, 3.8) is 0 Å². The average molecular weight is 393 g/mol. The lowest BCUT2D eigenvalue weighted by Crippen LogP contribution is -2.61. The molecule has 2 aromatic rings. The number of fused-ring (bicyclic) bond motifs is 2. The Morgan fingerprint density at radius 2 is 1.86 bits per heavy atom. The van der Waals surface area contributed by atoms with E-state index >= 15 is 0 Å². The van der Waals surface area contributed by atoms with E-state index in [4.69, 9.17) is 0 Å². The summed E-state index contributed by atoms with van der Waals surface area (Å²) in [5.74, 6) is 0.984. The fourth-order valence-corrected chi connectivity index (χ4v) is 5.90. The van der Waals surface area contributed by atoms with E-state index in [2.05, 4.69) is 67.2 Å². The number of hydrogen-bond donors (Lipinski definition) is 1. The fourth-order valence-electron chi connectivity index (χ4n) is 5.90. The van der Waals surface area contributed by atoms with Crippen LogP contribution >= 0.6 is 0 Å². The van der Waals surface area contributed by atoms with Gasteiger partial charge < -0.3 is 10.0 Å². The van der Waals surface area contributed by atoms with Crippen LogP contribution in [0.1, 0.15) is 43.7 Å². The van der Waals surface area contributed by atoms with Crippen LogP contribution in [0.15, 0.2) is 54.6 Å². The molecule has 1 N–H and O–H groups in total. The molecule has 1 aliphatic carbocycles. The zero-order valence-electron chi connectivity index (χ0n) is 18.2. The topological polar surface area (TPSA) is 26.7 Å². The highest BCUT2D eigenvalue weighted by Crippen LogP contribution is 2.51. The summed E-state index contributed by atoms with van der Waals surface area (Å²) in [6.45, 7) is 4.78. The van der Waals surface area contributed by atoms with Crippen LogP contribution in [0.4, 0.5) is 0 Å². The number of hydrogen-bond acceptors (Lipinski definition) is 3. The number of phenols is 1. The molecule has 4 atom stereocenters. The Hall–Kier alpha value is -1.84. The van der Waals surface area contributed by atoms with Gasteiger partial charge in [0.15, 0.2) is 0 Å². The van der Waals surface area contributed by atoms with E-state index in [1.807, 2.05) is 12.1 Å². The summed E-state index contributed by atoms with van der Waals surface area (Å²) < 4.78 is 0. The van der Waals surface area contributed by atoms with Crippen LogP contribution < -0.4 is 0 Å². The Labute approximate surface area is 176 Å². The first-order chi connectivity index (χ1) is 14.0. The van der Waals surface area contributed by atoms with Crippen LogP contribution in [-0.2, 0) is 11.8 Å². The maximum absolute atomic E-state index is 10.2. The van der Waals surface area contributed by atoms with Gasteiger partial charge in [-0.3, -0.25) is 4.90 Å². The molecule has 1 heterocycles. The lowest BCUT2D eigenvalue weighted by molar-refractivity contribution is -0.0212. The van der Waals surface area contributed by atoms with Crippen LogP contribution in [0.25, 0.3) is 0 Å². The molecule has 2 fully saturated rings. The lowest BCUT2D eigenvalue weighted by atomic mass is 9.57. The third-order valence-electron chi connectivity index (χ3n) is 7.62. The van der Waals surface area contributed by atoms with E-state index in [9.17, 15) is 5.11 Å². The minimum absolute atomic E-state index is 0.173. The molecule has 29 heavy (non-hydrogen) atoms. The summed E-state index contributed by atoms with van der Waals surface area (Å²) in [5, 5.41) is 10.2. The number of aryl methyl sites for hydroxylation is 1. The second-order valence-corrected chi connectivity index (χ2v) is 9.61. The number of likely N-dealkylation sites (tertiary alicyclic amines) is 1. The van der Waals surface area contributed by atoms with Crippen molar-refractivity contribution >= 4 is 0 Å². The van der Waals surface area contributed by atoms with E-state index in [-0.39, 0.29) is 5.41 Å². The van der Waals surface area contributed by atoms with Crippen LogP contribution in [-0.4, -0.2) is 54.2 Å². The molecule has 3 nitrogen and oxygen atoms in total. The number of rotatable bonds is 6. The zero-order valence-corrected chi connectivity index (χ0v) is 18.2. The second-order valence-electron chi connectivity index (χ2n) is 9.61. The minimum atomic E-state index is 0.173. The fraction of sp³-hybridized carbons (Fsp3) is 0.538. The highest BCUT2D eigenvalue weighted by molar-refractivity contribution is 5.36. The first kappa shape index (κ1) is 20.4. The normalized spacial score (nSPS) is 29.9. The molecule has 0 radical (unpaired) electrons. The molecule has 0 spiro atoms. The number of piperidine rings is 1. The molecule has 3 heteroatoms. The van der Waals surface area contributed by atoms with Crippen molar-refractivity contribution in [1.29, 1.82) is 0 Å². The van der Waals surface area contributed by atoms with Crippen LogP contribution in [0, 0.1) is 5.92 Å². The Morgan fingerprint density at radius 1 is 1.07 bits per heavy atom. The summed E-state index contributed by atoms with van der Waals surface area (Å²) in [4.78, 5) is 5.19. The van der Waals surface area contributed by atoms with Gasteiger partial charge in [-0.05, 0) is 81.9 Å². The monoisotopic (exact) mass is 392 g/mol. The number of phenolic OH excluding ortho intramolecular Hbond substituents is 1. The van der Waals surface area contributed by atoms with Gasteiger partial charge in [0.1, 0.15) is 5.75 Å². The molecular weight excluding hydrogens is 356 g/mol. The van der Waals surface area contributed by atoms with E-state index in [1.54, 1.807) is 6.07 Å². The first-order valence-corrected chi connectivity index (χ1v) is 11.2. The molecule has 1 saturated heterocycles. The molecule has 2 bridgehead atoms. The third kappa shape index (κ3) is 4.22. The van der Waals surface area contributed by atoms with Crippen LogP contribution in [0.3, 0.4) is 0 Å². The van der Waals surface area contributed by atoms with Crippen LogP contribution in [0.5, 0.6) is 5.75 Å². The molecular formula is C26H36N2O. The van der Waals surface area contributed by atoms with Crippen molar-refractivity contribution in [3.8, 4) is 5.75 Å². The quantitative estimate of drug-likeness (QED) is 0.772. The Balaban J connectivity index is 1.53. The summed E-state index contributed by atoms with van der Waals surface area (Å²) in [5.41, 5.74) is 2.96. The van der Waals surface area contributed by atoms with Gasteiger partial charge in [0, 0.05) is 24.0 Å². The summed E-state index contributed by atoms with van der Waals surface area (Å²) >= 11 is 0. The summed E-state index contributed by atoms with van der Waals surface area (Å²) in [6.07, 6.45) is 6.05. The summed E-state index contributed by atoms with van der Waals surface area (Å²) in [6, 6.07) is 20.2. The van der Waals surface area contributed by atoms with E-state index in [0.29, 0.717) is 23.8 Å². The highest BCUT2D eigenvalue weighted by Gasteiger charge is 2.51. The number of benzene rings is 2.